The fourth-order valence-electron chi connectivity index (χ4n) is 0.691. The van der Waals surface area contributed by atoms with Gasteiger partial charge in [0.25, 0.3) is 0 Å². The number of allylic oxidation sites excluding steroid dienone is 3. The summed E-state index contributed by atoms with van der Waals surface area (Å²) in [7, 11) is 0. The number of nitrogens with one attached hydrogen (secondary N) is 1. The van der Waals surface area contributed by atoms with Crippen molar-refractivity contribution in [2.45, 2.75) is 0 Å². The highest BCUT2D eigenvalue weighted by atomic mass is 16.1. The highest BCUT2D eigenvalue weighted by molar-refractivity contribution is 6.20. The molecule has 1 rings (SSSR count). The van der Waals surface area contributed by atoms with Crippen molar-refractivity contribution in [3.8, 4) is 0 Å². The van der Waals surface area contributed by atoms with Crippen molar-refractivity contribution in [1.82, 2.24) is 0 Å². The smallest absolute Gasteiger partial charge is 0.233 e. The molecule has 0 aliphatic heterocycles. The Labute approximate surface area is 63.6 Å². The minimum absolute atomic E-state index is 0.245. The molecule has 0 aromatic carbocycles. The van der Waals surface area contributed by atoms with Gasteiger partial charge in [-0.3, -0.25) is 10.2 Å². The van der Waals surface area contributed by atoms with Gasteiger partial charge < -0.3 is 5.73 Å². The Bertz CT molecular complexity index is 286. The van der Waals surface area contributed by atoms with E-state index in [1.807, 2.05) is 0 Å². The lowest BCUT2D eigenvalue weighted by Crippen LogP contribution is -2.13. The van der Waals surface area contributed by atoms with Crippen LogP contribution >= 0.6 is 0 Å². The lowest BCUT2D eigenvalue weighted by molar-refractivity contribution is -0.106. The van der Waals surface area contributed by atoms with Crippen LogP contribution in [0.3, 0.4) is 0 Å². The van der Waals surface area contributed by atoms with Gasteiger partial charge in [0, 0.05) is 0 Å². The number of hydrogen-bond donors (Lipinski definition) is 2. The molecule has 0 saturated heterocycles. The highest BCUT2D eigenvalue weighted by Gasteiger charge is 2.03. The third kappa shape index (κ3) is 1.61. The molecule has 0 saturated carbocycles. The maximum atomic E-state index is 9.92. The van der Waals surface area contributed by atoms with E-state index in [-0.39, 0.29) is 5.71 Å². The minimum atomic E-state index is 0.245. The Hall–Kier alpha value is -1.71. The van der Waals surface area contributed by atoms with Crippen LogP contribution in [-0.2, 0) is 4.79 Å². The number of nitrogens with two attached hydrogens (primary N) is 1. The number of aliphatic imine (C=N–C) groups is 1. The van der Waals surface area contributed by atoms with Gasteiger partial charge in [-0.25, -0.2) is 4.99 Å². The number of amides is 1. The summed E-state index contributed by atoms with van der Waals surface area (Å²) in [6.07, 6.45) is 4.99. The normalized spacial score (nSPS) is 20.2. The molecule has 0 fully saturated rings. The monoisotopic (exact) mass is 149 g/mol. The molecule has 4 heteroatoms. The van der Waals surface area contributed by atoms with Crippen molar-refractivity contribution < 1.29 is 4.79 Å². The molecule has 0 bridgehead atoms. The molecule has 1 amide bonds. The van der Waals surface area contributed by atoms with E-state index in [0.29, 0.717) is 17.8 Å². The molecule has 0 heterocycles. The molecule has 1 aliphatic carbocycles. The number of rotatable bonds is 1. The maximum Gasteiger partial charge on any atom is 0.233 e. The summed E-state index contributed by atoms with van der Waals surface area (Å²) in [6, 6.07) is 0. The molecule has 0 aromatic rings. The second-order valence-electron chi connectivity index (χ2n) is 2.01. The second-order valence-corrected chi connectivity index (χ2v) is 2.01. The van der Waals surface area contributed by atoms with Crippen LogP contribution < -0.4 is 5.73 Å². The van der Waals surface area contributed by atoms with Crippen molar-refractivity contribution in [2.24, 2.45) is 10.7 Å². The minimum Gasteiger partial charge on any atom is -0.397 e. The van der Waals surface area contributed by atoms with E-state index in [1.54, 1.807) is 6.08 Å². The van der Waals surface area contributed by atoms with Gasteiger partial charge in [-0.2, -0.15) is 0 Å². The predicted molar refractivity (Wildman–Crippen MR) is 42.6 cm³/mol. The summed E-state index contributed by atoms with van der Waals surface area (Å²) in [5.41, 5.74) is 6.44. The quantitative estimate of drug-likeness (QED) is 0.407. The predicted octanol–water partition coefficient (Wildman–Crippen LogP) is 0.0160. The summed E-state index contributed by atoms with van der Waals surface area (Å²) in [6.45, 7) is 0. The Balaban J connectivity index is 2.94. The number of nitrogens with zero attached hydrogens (tertiary/aromatic N) is 1. The Morgan fingerprint density at radius 3 is 2.82 bits per heavy atom. The first-order chi connectivity index (χ1) is 5.24. The van der Waals surface area contributed by atoms with Crippen LogP contribution in [0.1, 0.15) is 0 Å². The van der Waals surface area contributed by atoms with Gasteiger partial charge in [-0.1, -0.05) is 0 Å². The average molecular weight is 149 g/mol. The van der Waals surface area contributed by atoms with E-state index >= 15 is 0 Å². The molecule has 0 radical (unpaired) electrons. The van der Waals surface area contributed by atoms with Crippen molar-refractivity contribution in [3.05, 3.63) is 23.9 Å². The van der Waals surface area contributed by atoms with Gasteiger partial charge in [0.15, 0.2) is 0 Å². The molecule has 0 aromatic heterocycles. The maximum absolute atomic E-state index is 9.92. The van der Waals surface area contributed by atoms with Crippen molar-refractivity contribution in [3.63, 3.8) is 0 Å². The largest absolute Gasteiger partial charge is 0.397 e. The first kappa shape index (κ1) is 7.40. The van der Waals surface area contributed by atoms with Crippen molar-refractivity contribution in [2.75, 3.05) is 0 Å². The second kappa shape index (κ2) is 2.92. The molecule has 1 aliphatic rings. The average Bonchev–Trinajstić information content (AvgIpc) is 1.98. The summed E-state index contributed by atoms with van der Waals surface area (Å²) in [5.74, 6) is 0. The van der Waals surface area contributed by atoms with E-state index < -0.39 is 0 Å². The molecule has 0 spiro atoms. The van der Waals surface area contributed by atoms with Crippen LogP contribution in [0.2, 0.25) is 0 Å². The first-order valence-corrected chi connectivity index (χ1v) is 2.99. The number of carbonyl (C=O) groups excluding carboxylic acids is 1. The standard InChI is InChI=1S/C7H7N3O/c8-6-2-1-5(10-4-11)3-7(6)9/h1-4,8H,9H2. The third-order valence-corrected chi connectivity index (χ3v) is 1.24. The molecular weight excluding hydrogens is 142 g/mol. The molecule has 11 heavy (non-hydrogen) atoms. The lowest BCUT2D eigenvalue weighted by Gasteiger charge is -2.03. The Kier molecular flexibility index (Phi) is 1.96. The van der Waals surface area contributed by atoms with Crippen molar-refractivity contribution in [1.29, 1.82) is 5.41 Å². The number of hydrogen-bond acceptors (Lipinski definition) is 3. The van der Waals surface area contributed by atoms with Gasteiger partial charge >= 0.3 is 0 Å². The van der Waals surface area contributed by atoms with Crippen LogP contribution in [0, 0.1) is 5.41 Å². The zero-order chi connectivity index (χ0) is 8.27. The molecular formula is C7H7N3O. The zero-order valence-corrected chi connectivity index (χ0v) is 5.74. The third-order valence-electron chi connectivity index (χ3n) is 1.24. The fourth-order valence-corrected chi connectivity index (χ4v) is 0.691. The van der Waals surface area contributed by atoms with Gasteiger partial charge in [-0.15, -0.1) is 0 Å². The van der Waals surface area contributed by atoms with E-state index in [0.717, 1.165) is 0 Å². The van der Waals surface area contributed by atoms with E-state index in [1.165, 1.54) is 12.2 Å². The van der Waals surface area contributed by atoms with Crippen LogP contribution in [0.25, 0.3) is 0 Å². The Morgan fingerprint density at radius 2 is 2.27 bits per heavy atom. The van der Waals surface area contributed by atoms with Crippen LogP contribution in [0.15, 0.2) is 28.9 Å². The zero-order valence-electron chi connectivity index (χ0n) is 5.74. The van der Waals surface area contributed by atoms with Crippen molar-refractivity contribution >= 4 is 17.8 Å². The lowest BCUT2D eigenvalue weighted by atomic mass is 10.1. The Morgan fingerprint density at radius 1 is 1.55 bits per heavy atom. The van der Waals surface area contributed by atoms with Gasteiger partial charge in [0.1, 0.15) is 0 Å². The SMILES string of the molecule is N=C1C=CC(=NC=O)C=C1N. The molecule has 3 N–H and O–H groups in total. The van der Waals surface area contributed by atoms with Crippen LogP contribution in [0.5, 0.6) is 0 Å². The van der Waals surface area contributed by atoms with Gasteiger partial charge in [-0.05, 0) is 18.2 Å². The number of carbonyl (C=O) groups is 1. The van der Waals surface area contributed by atoms with E-state index in [2.05, 4.69) is 4.99 Å². The van der Waals surface area contributed by atoms with Gasteiger partial charge in [0.05, 0.1) is 17.1 Å². The van der Waals surface area contributed by atoms with Crippen LogP contribution in [0.4, 0.5) is 0 Å². The fraction of sp³-hybridized carbons (Fsp3) is 0. The summed E-state index contributed by atoms with van der Waals surface area (Å²) in [4.78, 5) is 13.4. The van der Waals surface area contributed by atoms with E-state index in [9.17, 15) is 4.79 Å². The molecule has 56 valence electrons. The van der Waals surface area contributed by atoms with E-state index in [4.69, 9.17) is 11.1 Å². The van der Waals surface area contributed by atoms with Crippen LogP contribution in [-0.4, -0.2) is 17.8 Å². The highest BCUT2D eigenvalue weighted by Crippen LogP contribution is 1.99. The molecule has 0 unspecified atom stereocenters. The molecule has 0 atom stereocenters. The topological polar surface area (TPSA) is 79.3 Å². The van der Waals surface area contributed by atoms with Gasteiger partial charge in [0.2, 0.25) is 6.41 Å². The molecule has 4 nitrogen and oxygen atoms in total. The first-order valence-electron chi connectivity index (χ1n) is 2.99. The summed E-state index contributed by atoms with van der Waals surface area (Å²) < 4.78 is 0. The summed E-state index contributed by atoms with van der Waals surface area (Å²) >= 11 is 0. The summed E-state index contributed by atoms with van der Waals surface area (Å²) in [5, 5.41) is 7.19.